The number of hydrogen-bond acceptors (Lipinski definition) is 1. The molecule has 0 aliphatic rings. The summed E-state index contributed by atoms with van der Waals surface area (Å²) >= 11 is 18.5. The summed E-state index contributed by atoms with van der Waals surface area (Å²) in [6.07, 6.45) is 2.08. The number of nitrogens with zero attached hydrogens (tertiary/aromatic N) is 1. The molecule has 0 spiro atoms. The number of fused-ring (bicyclic) bond motifs is 1. The third kappa shape index (κ3) is 2.35. The molecule has 2 aromatic rings. The molecule has 1 aromatic carbocycles. The number of benzene rings is 1. The van der Waals surface area contributed by atoms with E-state index in [-0.39, 0.29) is 6.61 Å². The summed E-state index contributed by atoms with van der Waals surface area (Å²) in [6, 6.07) is 3.51. The molecule has 0 saturated carbocycles. The molecule has 98 valence electrons. The molecule has 0 fully saturated rings. The molecular formula is C13H14Cl3NO. The molecule has 0 amide bonds. The lowest BCUT2D eigenvalue weighted by molar-refractivity contribution is 0.283. The number of unbranched alkanes of at least 4 members (excludes halogenated alkanes) is 1. The zero-order chi connectivity index (χ0) is 13.3. The Morgan fingerprint density at radius 1 is 1.22 bits per heavy atom. The van der Waals surface area contributed by atoms with Crippen LogP contribution in [0.4, 0.5) is 0 Å². The third-order valence-electron chi connectivity index (χ3n) is 3.01. The van der Waals surface area contributed by atoms with E-state index in [0.29, 0.717) is 20.8 Å². The van der Waals surface area contributed by atoms with E-state index in [0.717, 1.165) is 30.3 Å². The highest BCUT2D eigenvalue weighted by molar-refractivity contribution is 6.40. The Labute approximate surface area is 121 Å². The second-order valence-corrected chi connectivity index (χ2v) is 5.42. The van der Waals surface area contributed by atoms with Gasteiger partial charge in [0.25, 0.3) is 0 Å². The Balaban J connectivity index is 2.72. The topological polar surface area (TPSA) is 25.2 Å². The van der Waals surface area contributed by atoms with Gasteiger partial charge in [-0.1, -0.05) is 48.1 Å². The van der Waals surface area contributed by atoms with E-state index < -0.39 is 0 Å². The van der Waals surface area contributed by atoms with Crippen molar-refractivity contribution >= 4 is 45.7 Å². The molecule has 0 atom stereocenters. The first-order chi connectivity index (χ1) is 8.60. The summed E-state index contributed by atoms with van der Waals surface area (Å²) in [4.78, 5) is 0. The molecule has 1 heterocycles. The average Bonchev–Trinajstić information content (AvgIpc) is 2.59. The van der Waals surface area contributed by atoms with Gasteiger partial charge in [-0.2, -0.15) is 0 Å². The van der Waals surface area contributed by atoms with Crippen LogP contribution in [-0.2, 0) is 13.2 Å². The third-order valence-corrected chi connectivity index (χ3v) is 3.95. The minimum absolute atomic E-state index is 0.129. The lowest BCUT2D eigenvalue weighted by atomic mass is 10.2. The fourth-order valence-corrected chi connectivity index (χ4v) is 3.05. The van der Waals surface area contributed by atoms with Crippen LogP contribution in [-0.4, -0.2) is 9.67 Å². The summed E-state index contributed by atoms with van der Waals surface area (Å²) < 4.78 is 1.96. The Morgan fingerprint density at radius 2 is 1.94 bits per heavy atom. The van der Waals surface area contributed by atoms with Gasteiger partial charge in [0.05, 0.1) is 17.1 Å². The number of aromatic nitrogens is 1. The second kappa shape index (κ2) is 5.70. The molecule has 0 radical (unpaired) electrons. The van der Waals surface area contributed by atoms with Gasteiger partial charge in [-0.25, -0.2) is 0 Å². The summed E-state index contributed by atoms with van der Waals surface area (Å²) in [7, 11) is 0. The van der Waals surface area contributed by atoms with Gasteiger partial charge in [-0.05, 0) is 18.6 Å². The van der Waals surface area contributed by atoms with E-state index in [2.05, 4.69) is 6.92 Å². The summed E-state index contributed by atoms with van der Waals surface area (Å²) in [5.74, 6) is 0. The Hall–Kier alpha value is -0.410. The highest BCUT2D eigenvalue weighted by atomic mass is 35.5. The maximum Gasteiger partial charge on any atom is 0.115 e. The van der Waals surface area contributed by atoms with E-state index in [1.165, 1.54) is 0 Å². The van der Waals surface area contributed by atoms with Crippen LogP contribution >= 0.6 is 34.8 Å². The number of aliphatic hydroxyl groups excluding tert-OH is 1. The average molecular weight is 307 g/mol. The van der Waals surface area contributed by atoms with E-state index in [4.69, 9.17) is 34.8 Å². The van der Waals surface area contributed by atoms with E-state index >= 15 is 0 Å². The Morgan fingerprint density at radius 3 is 2.56 bits per heavy atom. The normalized spacial score (nSPS) is 11.4. The van der Waals surface area contributed by atoms with Crippen LogP contribution in [0.1, 0.15) is 25.3 Å². The zero-order valence-corrected chi connectivity index (χ0v) is 12.3. The molecule has 0 aliphatic carbocycles. The molecule has 5 heteroatoms. The van der Waals surface area contributed by atoms with Gasteiger partial charge in [-0.3, -0.25) is 0 Å². The first-order valence-electron chi connectivity index (χ1n) is 5.86. The molecule has 0 saturated heterocycles. The van der Waals surface area contributed by atoms with E-state index in [1.54, 1.807) is 6.07 Å². The van der Waals surface area contributed by atoms with Crippen molar-refractivity contribution in [3.63, 3.8) is 0 Å². The van der Waals surface area contributed by atoms with E-state index in [1.807, 2.05) is 10.6 Å². The fraction of sp³-hybridized carbons (Fsp3) is 0.385. The van der Waals surface area contributed by atoms with Crippen molar-refractivity contribution in [2.45, 2.75) is 32.9 Å². The predicted molar refractivity (Wildman–Crippen MR) is 77.8 cm³/mol. The highest BCUT2D eigenvalue weighted by Gasteiger charge is 2.17. The van der Waals surface area contributed by atoms with Crippen molar-refractivity contribution in [1.82, 2.24) is 4.57 Å². The van der Waals surface area contributed by atoms with Crippen LogP contribution < -0.4 is 0 Å². The number of aliphatic hydroxyl groups is 1. The summed E-state index contributed by atoms with van der Waals surface area (Å²) in [6.45, 7) is 2.78. The van der Waals surface area contributed by atoms with Gasteiger partial charge in [0.15, 0.2) is 0 Å². The second-order valence-electron chi connectivity index (χ2n) is 4.21. The predicted octanol–water partition coefficient (Wildman–Crippen LogP) is 4.89. The molecule has 0 unspecified atom stereocenters. The van der Waals surface area contributed by atoms with Gasteiger partial charge in [0.1, 0.15) is 5.15 Å². The standard InChI is InChI=1S/C13H14Cl3NO/c1-2-3-4-17-11-6-8(14)5-10(15)12(11)9(7-18)13(17)16/h5-6,18H,2-4,7H2,1H3. The maximum absolute atomic E-state index is 9.46. The van der Waals surface area contributed by atoms with Crippen molar-refractivity contribution in [1.29, 1.82) is 0 Å². The molecular weight excluding hydrogens is 293 g/mol. The molecule has 0 bridgehead atoms. The molecule has 1 N–H and O–H groups in total. The minimum atomic E-state index is -0.129. The largest absolute Gasteiger partial charge is 0.392 e. The SMILES string of the molecule is CCCCn1c(Cl)c(CO)c2c(Cl)cc(Cl)cc21. The minimum Gasteiger partial charge on any atom is -0.392 e. The van der Waals surface area contributed by atoms with Gasteiger partial charge in [0, 0.05) is 22.5 Å². The van der Waals surface area contributed by atoms with Gasteiger partial charge < -0.3 is 9.67 Å². The first-order valence-corrected chi connectivity index (χ1v) is 7.00. The Bertz CT molecular complexity index is 577. The number of halogens is 3. The smallest absolute Gasteiger partial charge is 0.115 e. The lowest BCUT2D eigenvalue weighted by Crippen LogP contribution is -1.97. The van der Waals surface area contributed by atoms with Crippen LogP contribution in [0.5, 0.6) is 0 Å². The Kier molecular flexibility index (Phi) is 4.44. The van der Waals surface area contributed by atoms with Gasteiger partial charge in [0.2, 0.25) is 0 Å². The van der Waals surface area contributed by atoms with Gasteiger partial charge >= 0.3 is 0 Å². The molecule has 1 aromatic heterocycles. The van der Waals surface area contributed by atoms with Crippen LogP contribution in [0.2, 0.25) is 15.2 Å². The van der Waals surface area contributed by atoms with Crippen LogP contribution in [0.3, 0.4) is 0 Å². The van der Waals surface area contributed by atoms with Crippen molar-refractivity contribution in [3.05, 3.63) is 32.9 Å². The fourth-order valence-electron chi connectivity index (χ4n) is 2.12. The molecule has 2 nitrogen and oxygen atoms in total. The number of hydrogen-bond donors (Lipinski definition) is 1. The van der Waals surface area contributed by atoms with Crippen molar-refractivity contribution in [3.8, 4) is 0 Å². The van der Waals surface area contributed by atoms with Crippen LogP contribution in [0.25, 0.3) is 10.9 Å². The van der Waals surface area contributed by atoms with Crippen LogP contribution in [0, 0.1) is 0 Å². The number of rotatable bonds is 4. The lowest BCUT2D eigenvalue weighted by Gasteiger charge is -2.06. The maximum atomic E-state index is 9.46. The van der Waals surface area contributed by atoms with Crippen molar-refractivity contribution in [2.75, 3.05) is 0 Å². The molecule has 2 rings (SSSR count). The zero-order valence-electron chi connectivity index (χ0n) is 10.0. The van der Waals surface area contributed by atoms with Crippen molar-refractivity contribution in [2.24, 2.45) is 0 Å². The van der Waals surface area contributed by atoms with E-state index in [9.17, 15) is 5.11 Å². The molecule has 0 aliphatic heterocycles. The first kappa shape index (κ1) is 14.0. The van der Waals surface area contributed by atoms with Crippen LogP contribution in [0.15, 0.2) is 12.1 Å². The quantitative estimate of drug-likeness (QED) is 0.854. The number of aryl methyl sites for hydroxylation is 1. The monoisotopic (exact) mass is 305 g/mol. The summed E-state index contributed by atoms with van der Waals surface area (Å²) in [5, 5.41) is 11.9. The molecule has 18 heavy (non-hydrogen) atoms. The van der Waals surface area contributed by atoms with Crippen molar-refractivity contribution < 1.29 is 5.11 Å². The highest BCUT2D eigenvalue weighted by Crippen LogP contribution is 2.37. The van der Waals surface area contributed by atoms with Gasteiger partial charge in [-0.15, -0.1) is 0 Å². The summed E-state index contributed by atoms with van der Waals surface area (Å²) in [5.41, 5.74) is 1.56.